The average Bonchev–Trinajstić information content (AvgIpc) is 3.19. The molecule has 0 radical (unpaired) electrons. The molecule has 4 rings (SSSR count). The largest absolute Gasteiger partial charge is 0.497 e. The van der Waals surface area contributed by atoms with Crippen LogP contribution < -0.4 is 10.1 Å². The third-order valence-electron chi connectivity index (χ3n) is 3.90. The molecule has 120 valence electrons. The van der Waals surface area contributed by atoms with Crippen molar-refractivity contribution in [3.05, 3.63) is 60.4 Å². The van der Waals surface area contributed by atoms with Gasteiger partial charge in [-0.05, 0) is 43.3 Å². The summed E-state index contributed by atoms with van der Waals surface area (Å²) in [4.78, 5) is 8.88. The molecule has 0 fully saturated rings. The normalized spacial score (nSPS) is 10.9. The number of anilines is 2. The van der Waals surface area contributed by atoms with Crippen LogP contribution in [0.3, 0.4) is 0 Å². The number of imidazole rings is 1. The van der Waals surface area contributed by atoms with Gasteiger partial charge in [0, 0.05) is 11.3 Å². The number of benzene rings is 2. The lowest BCUT2D eigenvalue weighted by atomic mass is 10.1. The van der Waals surface area contributed by atoms with Gasteiger partial charge in [-0.1, -0.05) is 17.7 Å². The summed E-state index contributed by atoms with van der Waals surface area (Å²) >= 11 is 0. The quantitative estimate of drug-likeness (QED) is 0.600. The summed E-state index contributed by atoms with van der Waals surface area (Å²) in [5, 5.41) is 6.52. The summed E-state index contributed by atoms with van der Waals surface area (Å²) in [5.74, 6) is 2.28. The van der Waals surface area contributed by atoms with Gasteiger partial charge in [-0.3, -0.25) is 5.10 Å². The van der Waals surface area contributed by atoms with Crippen molar-refractivity contribution in [1.82, 2.24) is 19.6 Å². The molecule has 0 amide bonds. The van der Waals surface area contributed by atoms with Crippen molar-refractivity contribution in [3.63, 3.8) is 0 Å². The van der Waals surface area contributed by atoms with Gasteiger partial charge < -0.3 is 10.1 Å². The first-order valence-corrected chi connectivity index (χ1v) is 7.64. The van der Waals surface area contributed by atoms with Crippen molar-refractivity contribution < 1.29 is 4.74 Å². The highest BCUT2D eigenvalue weighted by atomic mass is 16.5. The molecular formula is C18H17N5O. The summed E-state index contributed by atoms with van der Waals surface area (Å²) in [5.41, 5.74) is 4.03. The number of aromatic amines is 1. The molecule has 24 heavy (non-hydrogen) atoms. The van der Waals surface area contributed by atoms with Crippen molar-refractivity contribution in [2.45, 2.75) is 6.92 Å². The first kappa shape index (κ1) is 14.3. The van der Waals surface area contributed by atoms with Crippen LogP contribution in [-0.4, -0.2) is 26.7 Å². The number of aryl methyl sites for hydroxylation is 1. The molecule has 4 aromatic rings. The molecule has 0 aliphatic heterocycles. The second-order valence-electron chi connectivity index (χ2n) is 5.55. The van der Waals surface area contributed by atoms with Crippen LogP contribution in [0.5, 0.6) is 5.75 Å². The minimum absolute atomic E-state index is 0.621. The first-order chi connectivity index (χ1) is 11.7. The van der Waals surface area contributed by atoms with E-state index in [0.29, 0.717) is 5.78 Å². The van der Waals surface area contributed by atoms with Crippen molar-refractivity contribution in [1.29, 1.82) is 0 Å². The lowest BCUT2D eigenvalue weighted by Crippen LogP contribution is -1.97. The van der Waals surface area contributed by atoms with Crippen molar-refractivity contribution >= 4 is 17.3 Å². The average molecular weight is 319 g/mol. The van der Waals surface area contributed by atoms with Gasteiger partial charge in [0.25, 0.3) is 5.78 Å². The Labute approximate surface area is 139 Å². The number of nitrogens with zero attached hydrogens (tertiary/aromatic N) is 3. The highest BCUT2D eigenvalue weighted by Crippen LogP contribution is 2.31. The number of rotatable bonds is 4. The fraction of sp³-hybridized carbons (Fsp3) is 0.111. The van der Waals surface area contributed by atoms with Crippen LogP contribution in [0, 0.1) is 6.92 Å². The summed E-state index contributed by atoms with van der Waals surface area (Å²) in [6, 6.07) is 16.0. The highest BCUT2D eigenvalue weighted by molar-refractivity contribution is 5.78. The molecule has 2 N–H and O–H groups in total. The summed E-state index contributed by atoms with van der Waals surface area (Å²) in [6.07, 6.45) is 1.63. The summed E-state index contributed by atoms with van der Waals surface area (Å²) in [7, 11) is 1.66. The van der Waals surface area contributed by atoms with E-state index < -0.39 is 0 Å². The van der Waals surface area contributed by atoms with Crippen molar-refractivity contribution in [3.8, 4) is 17.0 Å². The van der Waals surface area contributed by atoms with Gasteiger partial charge >= 0.3 is 0 Å². The number of ether oxygens (including phenoxy) is 1. The van der Waals surface area contributed by atoms with Gasteiger partial charge in [-0.15, -0.1) is 0 Å². The first-order valence-electron chi connectivity index (χ1n) is 7.64. The van der Waals surface area contributed by atoms with E-state index in [-0.39, 0.29) is 0 Å². The second kappa shape index (κ2) is 5.73. The molecule has 6 heteroatoms. The van der Waals surface area contributed by atoms with Crippen LogP contribution in [0.2, 0.25) is 0 Å². The van der Waals surface area contributed by atoms with Crippen LogP contribution >= 0.6 is 0 Å². The minimum Gasteiger partial charge on any atom is -0.497 e. The van der Waals surface area contributed by atoms with Gasteiger partial charge in [-0.2, -0.15) is 0 Å². The third-order valence-corrected chi connectivity index (χ3v) is 3.90. The summed E-state index contributed by atoms with van der Waals surface area (Å²) in [6.45, 7) is 2.07. The van der Waals surface area contributed by atoms with Crippen LogP contribution in [0.25, 0.3) is 17.0 Å². The van der Waals surface area contributed by atoms with Crippen molar-refractivity contribution in [2.75, 3.05) is 12.4 Å². The number of aromatic nitrogens is 4. The zero-order valence-corrected chi connectivity index (χ0v) is 13.4. The SMILES string of the molecule is COc1ccc(-c2nc3nc[nH]n3c2Nc2ccc(C)cc2)cc1. The van der Waals surface area contributed by atoms with Gasteiger partial charge in [0.05, 0.1) is 7.11 Å². The maximum Gasteiger partial charge on any atom is 0.252 e. The van der Waals surface area contributed by atoms with Gasteiger partial charge in [0.2, 0.25) is 0 Å². The van der Waals surface area contributed by atoms with E-state index in [1.165, 1.54) is 5.56 Å². The molecular weight excluding hydrogens is 302 g/mol. The minimum atomic E-state index is 0.621. The lowest BCUT2D eigenvalue weighted by molar-refractivity contribution is 0.415. The molecule has 2 aromatic carbocycles. The molecule has 0 bridgehead atoms. The predicted octanol–water partition coefficient (Wildman–Crippen LogP) is 3.79. The lowest BCUT2D eigenvalue weighted by Gasteiger charge is -2.08. The van der Waals surface area contributed by atoms with Crippen molar-refractivity contribution in [2.24, 2.45) is 0 Å². The molecule has 6 nitrogen and oxygen atoms in total. The third kappa shape index (κ3) is 2.48. The zero-order valence-electron chi connectivity index (χ0n) is 13.4. The number of hydrogen-bond acceptors (Lipinski definition) is 4. The fourth-order valence-electron chi connectivity index (χ4n) is 2.60. The van der Waals surface area contributed by atoms with E-state index >= 15 is 0 Å². The molecule has 0 unspecified atom stereocenters. The molecule has 0 saturated carbocycles. The molecule has 0 aliphatic rings. The monoisotopic (exact) mass is 319 g/mol. The van der Waals surface area contributed by atoms with Crippen LogP contribution in [0.1, 0.15) is 5.56 Å². The van der Waals surface area contributed by atoms with E-state index in [1.54, 1.807) is 13.4 Å². The second-order valence-corrected chi connectivity index (χ2v) is 5.55. The fourth-order valence-corrected chi connectivity index (χ4v) is 2.60. The van der Waals surface area contributed by atoms with E-state index in [9.17, 15) is 0 Å². The predicted molar refractivity (Wildman–Crippen MR) is 93.8 cm³/mol. The van der Waals surface area contributed by atoms with Crippen LogP contribution in [0.4, 0.5) is 11.5 Å². The molecule has 0 spiro atoms. The Bertz CT molecular complexity index is 967. The number of methoxy groups -OCH3 is 1. The highest BCUT2D eigenvalue weighted by Gasteiger charge is 2.16. The summed E-state index contributed by atoms with van der Waals surface area (Å²) < 4.78 is 7.06. The molecule has 0 saturated heterocycles. The maximum absolute atomic E-state index is 5.23. The van der Waals surface area contributed by atoms with Gasteiger partial charge in [-0.25, -0.2) is 14.5 Å². The van der Waals surface area contributed by atoms with Crippen LogP contribution in [0.15, 0.2) is 54.9 Å². The van der Waals surface area contributed by atoms with E-state index in [2.05, 4.69) is 39.4 Å². The zero-order chi connectivity index (χ0) is 16.5. The van der Waals surface area contributed by atoms with Gasteiger partial charge in [0.1, 0.15) is 17.8 Å². The van der Waals surface area contributed by atoms with E-state index in [0.717, 1.165) is 28.5 Å². The molecule has 2 heterocycles. The Morgan fingerprint density at radius 3 is 2.50 bits per heavy atom. The smallest absolute Gasteiger partial charge is 0.252 e. The Morgan fingerprint density at radius 2 is 1.79 bits per heavy atom. The molecule has 2 aromatic heterocycles. The Morgan fingerprint density at radius 1 is 1.04 bits per heavy atom. The number of nitrogens with one attached hydrogen (secondary N) is 2. The number of fused-ring (bicyclic) bond motifs is 1. The van der Waals surface area contributed by atoms with E-state index in [1.807, 2.05) is 40.9 Å². The Kier molecular flexibility index (Phi) is 3.42. The van der Waals surface area contributed by atoms with E-state index in [4.69, 9.17) is 4.74 Å². The van der Waals surface area contributed by atoms with Gasteiger partial charge in [0.15, 0.2) is 5.82 Å². The van der Waals surface area contributed by atoms with Crippen LogP contribution in [-0.2, 0) is 0 Å². The maximum atomic E-state index is 5.23. The Balaban J connectivity index is 1.79. The molecule has 0 atom stereocenters. The topological polar surface area (TPSA) is 67.2 Å². The number of H-pyrrole nitrogens is 1. The number of hydrogen-bond donors (Lipinski definition) is 2. The Hall–Kier alpha value is -3.28. The molecule has 0 aliphatic carbocycles. The standard InChI is InChI=1S/C18H17N5O/c1-12-3-7-14(8-4-12)21-17-16(22-18-19-11-20-23(17)18)13-5-9-15(24-2)10-6-13/h3-11,21H,1-2H3,(H,19,20,22).